The van der Waals surface area contributed by atoms with Crippen molar-refractivity contribution in [2.45, 2.75) is 46.3 Å². The first-order chi connectivity index (χ1) is 5.00. The topological polar surface area (TPSA) is 46.2 Å². The van der Waals surface area contributed by atoms with Gasteiger partial charge < -0.3 is 10.8 Å². The summed E-state index contributed by atoms with van der Waals surface area (Å²) in [6.45, 7) is 8.16. The Morgan fingerprint density at radius 1 is 1.27 bits per heavy atom. The highest BCUT2D eigenvalue weighted by Crippen LogP contribution is 2.20. The van der Waals surface area contributed by atoms with E-state index < -0.39 is 0 Å². The zero-order valence-corrected chi connectivity index (χ0v) is 8.04. The van der Waals surface area contributed by atoms with E-state index in [2.05, 4.69) is 13.8 Å². The van der Waals surface area contributed by atoms with Crippen LogP contribution in [0.1, 0.15) is 34.1 Å². The normalized spacial score (nSPS) is 19.9. The molecule has 2 heteroatoms. The van der Waals surface area contributed by atoms with Gasteiger partial charge in [0.05, 0.1) is 6.10 Å². The van der Waals surface area contributed by atoms with Gasteiger partial charge in [-0.25, -0.2) is 0 Å². The van der Waals surface area contributed by atoms with E-state index in [0.717, 1.165) is 6.42 Å². The van der Waals surface area contributed by atoms with E-state index in [4.69, 9.17) is 5.73 Å². The number of hydrogen-bond donors (Lipinski definition) is 2. The Labute approximate surface area is 69.8 Å². The van der Waals surface area contributed by atoms with Crippen LogP contribution < -0.4 is 5.73 Å². The molecule has 68 valence electrons. The molecule has 0 aromatic heterocycles. The molecule has 0 saturated carbocycles. The van der Waals surface area contributed by atoms with Crippen molar-refractivity contribution in [1.82, 2.24) is 0 Å². The van der Waals surface area contributed by atoms with Crippen LogP contribution in [0.3, 0.4) is 0 Å². The van der Waals surface area contributed by atoms with Crippen molar-refractivity contribution < 1.29 is 5.11 Å². The Bertz CT molecular complexity index is 93.7. The fraction of sp³-hybridized carbons (Fsp3) is 1.00. The van der Waals surface area contributed by atoms with Gasteiger partial charge in [0.15, 0.2) is 0 Å². The third-order valence-corrected chi connectivity index (χ3v) is 2.24. The van der Waals surface area contributed by atoms with Gasteiger partial charge in [0, 0.05) is 12.0 Å². The lowest BCUT2D eigenvalue weighted by Crippen LogP contribution is -2.38. The van der Waals surface area contributed by atoms with Crippen LogP contribution in [0, 0.1) is 11.8 Å². The van der Waals surface area contributed by atoms with E-state index in [1.807, 2.05) is 13.8 Å². The SMILES string of the molecule is CCC(O)C(C(C)C)C(C)N. The molecule has 0 heterocycles. The van der Waals surface area contributed by atoms with Crippen LogP contribution in [0.15, 0.2) is 0 Å². The van der Waals surface area contributed by atoms with Crippen LogP contribution in [0.25, 0.3) is 0 Å². The molecule has 0 aliphatic rings. The van der Waals surface area contributed by atoms with Crippen LogP contribution in [0.4, 0.5) is 0 Å². The molecule has 0 bridgehead atoms. The zero-order valence-electron chi connectivity index (χ0n) is 8.04. The number of aliphatic hydroxyl groups is 1. The largest absolute Gasteiger partial charge is 0.393 e. The molecule has 0 rings (SSSR count). The first-order valence-corrected chi connectivity index (χ1v) is 4.44. The molecule has 0 spiro atoms. The number of nitrogens with two attached hydrogens (primary N) is 1. The van der Waals surface area contributed by atoms with Crippen LogP contribution in [-0.2, 0) is 0 Å². The molecule has 3 N–H and O–H groups in total. The molecule has 0 saturated heterocycles. The van der Waals surface area contributed by atoms with E-state index >= 15 is 0 Å². The molecular weight excluding hydrogens is 138 g/mol. The van der Waals surface area contributed by atoms with Crippen molar-refractivity contribution in [2.75, 3.05) is 0 Å². The summed E-state index contributed by atoms with van der Waals surface area (Å²) in [5.74, 6) is 0.699. The molecule has 0 aliphatic carbocycles. The predicted molar refractivity (Wildman–Crippen MR) is 48.3 cm³/mol. The lowest BCUT2D eigenvalue weighted by Gasteiger charge is -2.28. The van der Waals surface area contributed by atoms with E-state index in [-0.39, 0.29) is 18.1 Å². The molecule has 0 fully saturated rings. The van der Waals surface area contributed by atoms with E-state index in [1.165, 1.54) is 0 Å². The summed E-state index contributed by atoms with van der Waals surface area (Å²) in [4.78, 5) is 0. The second kappa shape index (κ2) is 4.73. The minimum atomic E-state index is -0.241. The molecule has 0 aromatic carbocycles. The molecule has 0 aromatic rings. The van der Waals surface area contributed by atoms with Crippen molar-refractivity contribution >= 4 is 0 Å². The molecule has 2 nitrogen and oxygen atoms in total. The average molecular weight is 159 g/mol. The minimum Gasteiger partial charge on any atom is -0.393 e. The lowest BCUT2D eigenvalue weighted by molar-refractivity contribution is 0.0657. The molecule has 0 amide bonds. The molecule has 0 radical (unpaired) electrons. The molecule has 3 atom stereocenters. The summed E-state index contributed by atoms with van der Waals surface area (Å²) in [5.41, 5.74) is 5.75. The monoisotopic (exact) mass is 159 g/mol. The lowest BCUT2D eigenvalue weighted by atomic mass is 9.84. The Kier molecular flexibility index (Phi) is 4.69. The van der Waals surface area contributed by atoms with Gasteiger partial charge in [0.2, 0.25) is 0 Å². The molecule has 11 heavy (non-hydrogen) atoms. The van der Waals surface area contributed by atoms with E-state index in [0.29, 0.717) is 5.92 Å². The maximum Gasteiger partial charge on any atom is 0.0582 e. The van der Waals surface area contributed by atoms with Gasteiger partial charge in [-0.2, -0.15) is 0 Å². The van der Waals surface area contributed by atoms with Gasteiger partial charge in [-0.1, -0.05) is 20.8 Å². The first-order valence-electron chi connectivity index (χ1n) is 4.44. The van der Waals surface area contributed by atoms with Gasteiger partial charge in [-0.3, -0.25) is 0 Å². The van der Waals surface area contributed by atoms with Crippen LogP contribution >= 0.6 is 0 Å². The van der Waals surface area contributed by atoms with Crippen molar-refractivity contribution in [3.63, 3.8) is 0 Å². The smallest absolute Gasteiger partial charge is 0.0582 e. The molecule has 0 aliphatic heterocycles. The van der Waals surface area contributed by atoms with Gasteiger partial charge in [0.1, 0.15) is 0 Å². The highest BCUT2D eigenvalue weighted by atomic mass is 16.3. The van der Waals surface area contributed by atoms with E-state index in [1.54, 1.807) is 0 Å². The highest BCUT2D eigenvalue weighted by Gasteiger charge is 2.24. The fourth-order valence-corrected chi connectivity index (χ4v) is 1.67. The summed E-state index contributed by atoms with van der Waals surface area (Å²) >= 11 is 0. The number of rotatable bonds is 4. The van der Waals surface area contributed by atoms with Crippen LogP contribution in [0.5, 0.6) is 0 Å². The molecule has 3 unspecified atom stereocenters. The highest BCUT2D eigenvalue weighted by molar-refractivity contribution is 4.77. The fourth-order valence-electron chi connectivity index (χ4n) is 1.67. The third kappa shape index (κ3) is 3.21. The van der Waals surface area contributed by atoms with Crippen molar-refractivity contribution in [3.8, 4) is 0 Å². The number of aliphatic hydroxyl groups excluding tert-OH is 1. The van der Waals surface area contributed by atoms with Crippen LogP contribution in [0.2, 0.25) is 0 Å². The summed E-state index contributed by atoms with van der Waals surface area (Å²) in [5, 5.41) is 9.58. The van der Waals surface area contributed by atoms with Gasteiger partial charge in [-0.15, -0.1) is 0 Å². The Balaban J connectivity index is 4.09. The van der Waals surface area contributed by atoms with Crippen molar-refractivity contribution in [2.24, 2.45) is 17.6 Å². The van der Waals surface area contributed by atoms with Crippen molar-refractivity contribution in [3.05, 3.63) is 0 Å². The summed E-state index contributed by atoms with van der Waals surface area (Å²) < 4.78 is 0. The van der Waals surface area contributed by atoms with Gasteiger partial charge in [0.25, 0.3) is 0 Å². The summed E-state index contributed by atoms with van der Waals surface area (Å²) in [6, 6.07) is 0.0879. The summed E-state index contributed by atoms with van der Waals surface area (Å²) in [7, 11) is 0. The quantitative estimate of drug-likeness (QED) is 0.651. The summed E-state index contributed by atoms with van der Waals surface area (Å²) in [6.07, 6.45) is 0.555. The predicted octanol–water partition coefficient (Wildman–Crippen LogP) is 1.38. The number of hydrogen-bond acceptors (Lipinski definition) is 2. The first kappa shape index (κ1) is 10.9. The van der Waals surface area contributed by atoms with Gasteiger partial charge >= 0.3 is 0 Å². The molecular formula is C9H21NO. The second-order valence-electron chi connectivity index (χ2n) is 3.66. The van der Waals surface area contributed by atoms with E-state index in [9.17, 15) is 5.11 Å². The third-order valence-electron chi connectivity index (χ3n) is 2.24. The minimum absolute atomic E-state index is 0.0879. The second-order valence-corrected chi connectivity index (χ2v) is 3.66. The van der Waals surface area contributed by atoms with Gasteiger partial charge in [-0.05, 0) is 19.3 Å². The maximum atomic E-state index is 9.58. The standard InChI is InChI=1S/C9H21NO/c1-5-8(11)9(6(2)3)7(4)10/h6-9,11H,5,10H2,1-4H3. The Morgan fingerprint density at radius 3 is 1.82 bits per heavy atom. The van der Waals surface area contributed by atoms with Crippen LogP contribution in [-0.4, -0.2) is 17.3 Å². The Morgan fingerprint density at radius 2 is 1.73 bits per heavy atom. The zero-order chi connectivity index (χ0) is 9.02. The maximum absolute atomic E-state index is 9.58. The van der Waals surface area contributed by atoms with Crippen molar-refractivity contribution in [1.29, 1.82) is 0 Å². The average Bonchev–Trinajstić information content (AvgIpc) is 1.85. The Hall–Kier alpha value is -0.0800.